The maximum absolute atomic E-state index is 11.9. The molecule has 1 saturated carbocycles. The first-order valence-electron chi connectivity index (χ1n) is 8.80. The molecule has 2 amide bonds. The number of methoxy groups -OCH3 is 1. The van der Waals surface area contributed by atoms with Crippen LogP contribution in [-0.2, 0) is 16.1 Å². The third-order valence-electron chi connectivity index (χ3n) is 4.55. The maximum Gasteiger partial charge on any atom is 0.223 e. The van der Waals surface area contributed by atoms with Crippen LogP contribution in [0, 0.1) is 11.8 Å². The molecule has 0 aliphatic heterocycles. The molecule has 0 spiro atoms. The predicted molar refractivity (Wildman–Crippen MR) is 96.9 cm³/mol. The molecule has 2 N–H and O–H groups in total. The predicted octanol–water partition coefficient (Wildman–Crippen LogP) is 1.66. The molecule has 26 heavy (non-hydrogen) atoms. The molecule has 0 saturated heterocycles. The van der Waals surface area contributed by atoms with Crippen molar-refractivity contribution in [3.05, 3.63) is 42.2 Å². The van der Waals surface area contributed by atoms with Gasteiger partial charge in [0.25, 0.3) is 0 Å². The van der Waals surface area contributed by atoms with Gasteiger partial charge in [-0.15, -0.1) is 0 Å². The number of nitrogens with one attached hydrogen (secondary N) is 2. The van der Waals surface area contributed by atoms with Crippen LogP contribution in [0.1, 0.15) is 25.5 Å². The number of hydrogen-bond acceptors (Lipinski definition) is 4. The standard InChI is InChI=1S/C19H24N4O3/c1-13-11-17(13)19(25)20-9-7-18(24)21-12-14-8-10-23(22-14)15-3-5-16(26-2)6-4-15/h3-6,8,10,13,17H,7,9,11-12H2,1-2H3,(H,20,25)(H,21,24). The molecule has 2 atom stereocenters. The molecule has 0 radical (unpaired) electrons. The van der Waals surface area contributed by atoms with Crippen molar-refractivity contribution in [2.24, 2.45) is 11.8 Å². The van der Waals surface area contributed by atoms with Crippen molar-refractivity contribution in [2.75, 3.05) is 13.7 Å². The van der Waals surface area contributed by atoms with E-state index in [0.717, 1.165) is 23.6 Å². The first kappa shape index (κ1) is 18.0. The fraction of sp³-hybridized carbons (Fsp3) is 0.421. The van der Waals surface area contributed by atoms with Crippen LogP contribution in [0.5, 0.6) is 5.75 Å². The zero-order chi connectivity index (χ0) is 18.5. The summed E-state index contributed by atoms with van der Waals surface area (Å²) in [6, 6.07) is 9.43. The highest BCUT2D eigenvalue weighted by atomic mass is 16.5. The summed E-state index contributed by atoms with van der Waals surface area (Å²) in [6.07, 6.45) is 3.07. The summed E-state index contributed by atoms with van der Waals surface area (Å²) in [6.45, 7) is 2.78. The molecule has 1 aliphatic carbocycles. The molecule has 1 aromatic carbocycles. The first-order valence-corrected chi connectivity index (χ1v) is 8.80. The lowest BCUT2D eigenvalue weighted by molar-refractivity contribution is -0.123. The number of amides is 2. The molecule has 138 valence electrons. The molecule has 2 aromatic rings. The van der Waals surface area contributed by atoms with Gasteiger partial charge in [0.1, 0.15) is 5.75 Å². The summed E-state index contributed by atoms with van der Waals surface area (Å²) in [7, 11) is 1.63. The van der Waals surface area contributed by atoms with Crippen LogP contribution < -0.4 is 15.4 Å². The van der Waals surface area contributed by atoms with E-state index >= 15 is 0 Å². The minimum Gasteiger partial charge on any atom is -0.497 e. The minimum absolute atomic E-state index is 0.0588. The summed E-state index contributed by atoms with van der Waals surface area (Å²) in [5.41, 5.74) is 1.69. The Bertz CT molecular complexity index is 769. The van der Waals surface area contributed by atoms with Gasteiger partial charge < -0.3 is 15.4 Å². The second-order valence-corrected chi connectivity index (χ2v) is 6.59. The van der Waals surface area contributed by atoms with Crippen molar-refractivity contribution in [1.29, 1.82) is 0 Å². The molecule has 2 unspecified atom stereocenters. The lowest BCUT2D eigenvalue weighted by atomic mass is 10.3. The van der Waals surface area contributed by atoms with E-state index in [1.165, 1.54) is 0 Å². The van der Waals surface area contributed by atoms with Gasteiger partial charge in [-0.05, 0) is 42.7 Å². The van der Waals surface area contributed by atoms with Crippen molar-refractivity contribution < 1.29 is 14.3 Å². The smallest absolute Gasteiger partial charge is 0.223 e. The zero-order valence-corrected chi connectivity index (χ0v) is 15.1. The topological polar surface area (TPSA) is 85.2 Å². The summed E-state index contributed by atoms with van der Waals surface area (Å²) in [4.78, 5) is 23.6. The van der Waals surface area contributed by atoms with Gasteiger partial charge in [-0.2, -0.15) is 5.10 Å². The minimum atomic E-state index is -0.104. The Kier molecular flexibility index (Phi) is 5.55. The van der Waals surface area contributed by atoms with Gasteiger partial charge in [0.15, 0.2) is 0 Å². The molecule has 7 heteroatoms. The Morgan fingerprint density at radius 1 is 1.23 bits per heavy atom. The van der Waals surface area contributed by atoms with Crippen molar-refractivity contribution in [2.45, 2.75) is 26.3 Å². The van der Waals surface area contributed by atoms with Gasteiger partial charge in [-0.1, -0.05) is 6.92 Å². The van der Waals surface area contributed by atoms with Gasteiger partial charge >= 0.3 is 0 Å². The fourth-order valence-corrected chi connectivity index (χ4v) is 2.73. The van der Waals surface area contributed by atoms with Crippen LogP contribution >= 0.6 is 0 Å². The average Bonchev–Trinajstić information content (AvgIpc) is 3.20. The van der Waals surface area contributed by atoms with Crippen molar-refractivity contribution in [3.8, 4) is 11.4 Å². The fourth-order valence-electron chi connectivity index (χ4n) is 2.73. The molecule has 7 nitrogen and oxygen atoms in total. The Hall–Kier alpha value is -2.83. The lowest BCUT2D eigenvalue weighted by Crippen LogP contribution is -2.31. The van der Waals surface area contributed by atoms with Crippen LogP contribution in [0.3, 0.4) is 0 Å². The zero-order valence-electron chi connectivity index (χ0n) is 15.1. The van der Waals surface area contributed by atoms with Gasteiger partial charge in [0.05, 0.1) is 25.0 Å². The Morgan fingerprint density at radius 3 is 2.62 bits per heavy atom. The number of benzene rings is 1. The molecule has 1 fully saturated rings. The van der Waals surface area contributed by atoms with Crippen molar-refractivity contribution >= 4 is 11.8 Å². The Morgan fingerprint density at radius 2 is 1.96 bits per heavy atom. The van der Waals surface area contributed by atoms with E-state index in [2.05, 4.69) is 22.7 Å². The van der Waals surface area contributed by atoms with E-state index in [1.54, 1.807) is 11.8 Å². The number of ether oxygens (including phenoxy) is 1. The van der Waals surface area contributed by atoms with Gasteiger partial charge in [-0.3, -0.25) is 9.59 Å². The number of hydrogen-bond donors (Lipinski definition) is 2. The highest BCUT2D eigenvalue weighted by molar-refractivity contribution is 5.82. The summed E-state index contributed by atoms with van der Waals surface area (Å²) in [5, 5.41) is 10.1. The van der Waals surface area contributed by atoms with E-state index in [4.69, 9.17) is 4.74 Å². The Balaban J connectivity index is 1.41. The highest BCUT2D eigenvalue weighted by Crippen LogP contribution is 2.37. The highest BCUT2D eigenvalue weighted by Gasteiger charge is 2.38. The quantitative estimate of drug-likeness (QED) is 0.753. The third kappa shape index (κ3) is 4.62. The largest absolute Gasteiger partial charge is 0.497 e. The maximum atomic E-state index is 11.9. The number of carbonyl (C=O) groups is 2. The summed E-state index contributed by atoms with van der Waals surface area (Å²) in [5.74, 6) is 1.36. The van der Waals surface area contributed by atoms with Crippen LogP contribution in [0.15, 0.2) is 36.5 Å². The second kappa shape index (κ2) is 8.03. The molecule has 1 aromatic heterocycles. The van der Waals surface area contributed by atoms with E-state index < -0.39 is 0 Å². The summed E-state index contributed by atoms with van der Waals surface area (Å²) >= 11 is 0. The molecular weight excluding hydrogens is 332 g/mol. The number of nitrogens with zero attached hydrogens (tertiary/aromatic N) is 2. The van der Waals surface area contributed by atoms with Gasteiger partial charge in [0, 0.05) is 25.1 Å². The van der Waals surface area contributed by atoms with E-state index in [0.29, 0.717) is 19.0 Å². The SMILES string of the molecule is COc1ccc(-n2ccc(CNC(=O)CCNC(=O)C3CC3C)n2)cc1. The van der Waals surface area contributed by atoms with Crippen LogP contribution in [-0.4, -0.2) is 35.2 Å². The average molecular weight is 356 g/mol. The number of aromatic nitrogens is 2. The molecule has 0 bridgehead atoms. The van der Waals surface area contributed by atoms with Crippen LogP contribution in [0.2, 0.25) is 0 Å². The Labute approximate surface area is 152 Å². The second-order valence-electron chi connectivity index (χ2n) is 6.59. The number of carbonyl (C=O) groups excluding carboxylic acids is 2. The lowest BCUT2D eigenvalue weighted by Gasteiger charge is -2.06. The molecular formula is C19H24N4O3. The van der Waals surface area contributed by atoms with Gasteiger partial charge in [0.2, 0.25) is 11.8 Å². The third-order valence-corrected chi connectivity index (χ3v) is 4.55. The van der Waals surface area contributed by atoms with E-state index in [1.807, 2.05) is 36.5 Å². The first-order chi connectivity index (χ1) is 12.6. The molecule has 1 aliphatic rings. The molecule has 3 rings (SSSR count). The summed E-state index contributed by atoms with van der Waals surface area (Å²) < 4.78 is 6.89. The van der Waals surface area contributed by atoms with Crippen LogP contribution in [0.25, 0.3) is 5.69 Å². The normalized spacial score (nSPS) is 18.2. The number of rotatable bonds is 8. The van der Waals surface area contributed by atoms with Gasteiger partial charge in [-0.25, -0.2) is 4.68 Å². The van der Waals surface area contributed by atoms with Crippen molar-refractivity contribution in [3.63, 3.8) is 0 Å². The van der Waals surface area contributed by atoms with Crippen LogP contribution in [0.4, 0.5) is 0 Å². The van der Waals surface area contributed by atoms with E-state index in [-0.39, 0.29) is 24.2 Å². The van der Waals surface area contributed by atoms with Crippen molar-refractivity contribution in [1.82, 2.24) is 20.4 Å². The molecule has 1 heterocycles. The monoisotopic (exact) mass is 356 g/mol. The van der Waals surface area contributed by atoms with E-state index in [9.17, 15) is 9.59 Å².